The molecule has 0 fully saturated rings. The first kappa shape index (κ1) is 15.4. The largest absolute Gasteiger partial charge is 0.347 e. The van der Waals surface area contributed by atoms with Gasteiger partial charge in [0.1, 0.15) is 17.4 Å². The second-order valence-corrected chi connectivity index (χ2v) is 4.63. The molecule has 19 heavy (non-hydrogen) atoms. The lowest BCUT2D eigenvalue weighted by Gasteiger charge is -2.22. The molecule has 7 heteroatoms. The van der Waals surface area contributed by atoms with Gasteiger partial charge in [-0.3, -0.25) is 14.6 Å². The van der Waals surface area contributed by atoms with Crippen LogP contribution in [-0.4, -0.2) is 58.8 Å². The fourth-order valence-corrected chi connectivity index (χ4v) is 1.58. The molecule has 1 aromatic rings. The van der Waals surface area contributed by atoms with Crippen molar-refractivity contribution >= 4 is 23.4 Å². The maximum atomic E-state index is 12.2. The van der Waals surface area contributed by atoms with Gasteiger partial charge in [-0.05, 0) is 6.42 Å². The summed E-state index contributed by atoms with van der Waals surface area (Å²) in [7, 11) is 3.30. The molecule has 1 heterocycles. The van der Waals surface area contributed by atoms with E-state index in [4.69, 9.17) is 11.6 Å². The minimum atomic E-state index is -0.341. The molecule has 2 amide bonds. The second kappa shape index (κ2) is 7.04. The molecule has 0 N–H and O–H groups in total. The second-order valence-electron chi connectivity index (χ2n) is 4.24. The Morgan fingerprint density at radius 2 is 2.00 bits per heavy atom. The van der Waals surface area contributed by atoms with E-state index >= 15 is 0 Å². The fraction of sp³-hybridized carbons (Fsp3) is 0.500. The molecule has 0 aromatic carbocycles. The van der Waals surface area contributed by atoms with Gasteiger partial charge < -0.3 is 9.80 Å². The zero-order valence-corrected chi connectivity index (χ0v) is 12.0. The number of hydrogen-bond donors (Lipinski definition) is 0. The van der Waals surface area contributed by atoms with Gasteiger partial charge in [0.25, 0.3) is 5.91 Å². The normalized spacial score (nSPS) is 10.1. The van der Waals surface area contributed by atoms with Crippen molar-refractivity contribution in [3.63, 3.8) is 0 Å². The first-order chi connectivity index (χ1) is 8.95. The van der Waals surface area contributed by atoms with Crippen LogP contribution in [0.15, 0.2) is 12.4 Å². The summed E-state index contributed by atoms with van der Waals surface area (Å²) < 4.78 is 0. The van der Waals surface area contributed by atoms with E-state index < -0.39 is 0 Å². The van der Waals surface area contributed by atoms with Crippen LogP contribution in [0.25, 0.3) is 0 Å². The molecule has 6 nitrogen and oxygen atoms in total. The number of carbonyl (C=O) groups excluding carboxylic acids is 2. The van der Waals surface area contributed by atoms with E-state index in [1.807, 2.05) is 6.92 Å². The van der Waals surface area contributed by atoms with Crippen molar-refractivity contribution in [2.45, 2.75) is 13.3 Å². The molecular weight excluding hydrogens is 268 g/mol. The molecular formula is C12H17ClN4O2. The highest BCUT2D eigenvalue weighted by Gasteiger charge is 2.20. The van der Waals surface area contributed by atoms with Crippen molar-refractivity contribution in [2.24, 2.45) is 0 Å². The lowest BCUT2D eigenvalue weighted by atomic mass is 10.3. The third-order valence-corrected chi connectivity index (χ3v) is 2.61. The summed E-state index contributed by atoms with van der Waals surface area (Å²) in [4.78, 5) is 34.6. The lowest BCUT2D eigenvalue weighted by Crippen LogP contribution is -2.41. The molecule has 1 rings (SSSR count). The number of carbonyl (C=O) groups is 2. The van der Waals surface area contributed by atoms with Crippen LogP contribution in [0.5, 0.6) is 0 Å². The van der Waals surface area contributed by atoms with Crippen molar-refractivity contribution < 1.29 is 9.59 Å². The Labute approximate surface area is 117 Å². The molecule has 0 atom stereocenters. The predicted octanol–water partition coefficient (Wildman–Crippen LogP) is 1.07. The van der Waals surface area contributed by atoms with Crippen LogP contribution in [0.2, 0.25) is 5.15 Å². The van der Waals surface area contributed by atoms with Crippen LogP contribution < -0.4 is 0 Å². The monoisotopic (exact) mass is 284 g/mol. The topological polar surface area (TPSA) is 66.4 Å². The summed E-state index contributed by atoms with van der Waals surface area (Å²) in [6.45, 7) is 2.44. The Bertz CT molecular complexity index is 465. The highest BCUT2D eigenvalue weighted by Crippen LogP contribution is 2.06. The Kier molecular flexibility index (Phi) is 5.69. The van der Waals surface area contributed by atoms with Crippen molar-refractivity contribution in [1.82, 2.24) is 19.8 Å². The quantitative estimate of drug-likeness (QED) is 0.811. The van der Waals surface area contributed by atoms with Crippen LogP contribution in [0.3, 0.4) is 0 Å². The van der Waals surface area contributed by atoms with Crippen LogP contribution in [0.4, 0.5) is 0 Å². The van der Waals surface area contributed by atoms with E-state index in [9.17, 15) is 9.59 Å². The smallest absolute Gasteiger partial charge is 0.274 e. The number of hydrogen-bond acceptors (Lipinski definition) is 4. The average Bonchev–Trinajstić information content (AvgIpc) is 2.37. The van der Waals surface area contributed by atoms with Gasteiger partial charge in [-0.2, -0.15) is 0 Å². The lowest BCUT2D eigenvalue weighted by molar-refractivity contribution is -0.129. The number of rotatable bonds is 5. The van der Waals surface area contributed by atoms with Gasteiger partial charge in [0.15, 0.2) is 0 Å². The molecule has 0 aliphatic carbocycles. The summed E-state index contributed by atoms with van der Waals surface area (Å²) in [5.41, 5.74) is 0.146. The Morgan fingerprint density at radius 3 is 2.53 bits per heavy atom. The van der Waals surface area contributed by atoms with Crippen molar-refractivity contribution in [2.75, 3.05) is 27.2 Å². The molecule has 0 unspecified atom stereocenters. The number of likely N-dealkylation sites (N-methyl/N-ethyl adjacent to an activating group) is 1. The standard InChI is InChI=1S/C12H17ClN4O2/c1-4-5-17(8-11(18)16(2)3)12(19)9-6-14-7-10(13)15-9/h6-7H,4-5,8H2,1-3H3. The van der Waals surface area contributed by atoms with Gasteiger partial charge in [0.05, 0.1) is 12.4 Å². The zero-order valence-electron chi connectivity index (χ0n) is 11.3. The molecule has 0 bridgehead atoms. The molecule has 0 radical (unpaired) electrons. The minimum absolute atomic E-state index is 0.0217. The van der Waals surface area contributed by atoms with Gasteiger partial charge in [-0.1, -0.05) is 18.5 Å². The summed E-state index contributed by atoms with van der Waals surface area (Å²) in [6, 6.07) is 0. The summed E-state index contributed by atoms with van der Waals surface area (Å²) in [5, 5.41) is 0.154. The van der Waals surface area contributed by atoms with Gasteiger partial charge in [0.2, 0.25) is 5.91 Å². The van der Waals surface area contributed by atoms with Gasteiger partial charge >= 0.3 is 0 Å². The molecule has 0 aliphatic rings. The van der Waals surface area contributed by atoms with Crippen molar-refractivity contribution in [1.29, 1.82) is 0 Å². The van der Waals surface area contributed by atoms with E-state index in [0.717, 1.165) is 6.42 Å². The van der Waals surface area contributed by atoms with Crippen LogP contribution in [0, 0.1) is 0 Å². The molecule has 0 saturated heterocycles. The number of nitrogens with zero attached hydrogens (tertiary/aromatic N) is 4. The number of aromatic nitrogens is 2. The van der Waals surface area contributed by atoms with Gasteiger partial charge in [0, 0.05) is 20.6 Å². The average molecular weight is 285 g/mol. The number of amides is 2. The summed E-state index contributed by atoms with van der Waals surface area (Å²) in [6.07, 6.45) is 3.45. The predicted molar refractivity (Wildman–Crippen MR) is 71.9 cm³/mol. The molecule has 0 aliphatic heterocycles. The molecule has 0 saturated carbocycles. The van der Waals surface area contributed by atoms with E-state index in [1.54, 1.807) is 14.1 Å². The Balaban J connectivity index is 2.86. The molecule has 1 aromatic heterocycles. The maximum Gasteiger partial charge on any atom is 0.274 e. The Hall–Kier alpha value is -1.69. The molecule has 104 valence electrons. The van der Waals surface area contributed by atoms with E-state index in [2.05, 4.69) is 9.97 Å². The first-order valence-corrected chi connectivity index (χ1v) is 6.30. The highest BCUT2D eigenvalue weighted by molar-refractivity contribution is 6.29. The van der Waals surface area contributed by atoms with Gasteiger partial charge in [-0.15, -0.1) is 0 Å². The van der Waals surface area contributed by atoms with Gasteiger partial charge in [-0.25, -0.2) is 4.98 Å². The summed E-state index contributed by atoms with van der Waals surface area (Å²) in [5.74, 6) is -0.483. The van der Waals surface area contributed by atoms with E-state index in [0.29, 0.717) is 6.54 Å². The zero-order chi connectivity index (χ0) is 14.4. The van der Waals surface area contributed by atoms with Crippen LogP contribution in [0.1, 0.15) is 23.8 Å². The SMILES string of the molecule is CCCN(CC(=O)N(C)C)C(=O)c1cncc(Cl)n1. The maximum absolute atomic E-state index is 12.2. The first-order valence-electron chi connectivity index (χ1n) is 5.92. The van der Waals surface area contributed by atoms with Crippen LogP contribution >= 0.6 is 11.6 Å². The Morgan fingerprint density at radius 1 is 1.32 bits per heavy atom. The van der Waals surface area contributed by atoms with Crippen molar-refractivity contribution in [3.8, 4) is 0 Å². The highest BCUT2D eigenvalue weighted by atomic mass is 35.5. The third kappa shape index (κ3) is 4.48. The van der Waals surface area contributed by atoms with Crippen molar-refractivity contribution in [3.05, 3.63) is 23.2 Å². The van der Waals surface area contributed by atoms with E-state index in [1.165, 1.54) is 22.2 Å². The third-order valence-electron chi connectivity index (χ3n) is 2.43. The fourth-order valence-electron chi connectivity index (χ4n) is 1.43. The number of halogens is 1. The molecule has 0 spiro atoms. The van der Waals surface area contributed by atoms with E-state index in [-0.39, 0.29) is 29.2 Å². The van der Waals surface area contributed by atoms with Crippen LogP contribution in [-0.2, 0) is 4.79 Å². The summed E-state index contributed by atoms with van der Waals surface area (Å²) >= 11 is 5.71. The minimum Gasteiger partial charge on any atom is -0.347 e.